The number of ether oxygens (including phenoxy) is 2. The van der Waals surface area contributed by atoms with E-state index in [0.29, 0.717) is 0 Å². The van der Waals surface area contributed by atoms with Crippen molar-refractivity contribution < 1.29 is 19.1 Å². The summed E-state index contributed by atoms with van der Waals surface area (Å²) >= 11 is 0. The normalized spacial score (nSPS) is 13.6. The lowest BCUT2D eigenvalue weighted by atomic mass is 10.0. The van der Waals surface area contributed by atoms with Crippen molar-refractivity contribution in [2.75, 3.05) is 0 Å². The molecule has 0 radical (unpaired) electrons. The van der Waals surface area contributed by atoms with Crippen LogP contribution >= 0.6 is 0 Å². The van der Waals surface area contributed by atoms with Crippen LogP contribution in [0.15, 0.2) is 12.7 Å². The van der Waals surface area contributed by atoms with Crippen molar-refractivity contribution in [1.29, 1.82) is 0 Å². The van der Waals surface area contributed by atoms with Gasteiger partial charge in [0.15, 0.2) is 0 Å². The van der Waals surface area contributed by atoms with E-state index >= 15 is 0 Å². The minimum atomic E-state index is -0.727. The molecule has 0 N–H and O–H groups in total. The van der Waals surface area contributed by atoms with Crippen molar-refractivity contribution >= 4 is 12.2 Å². The minimum Gasteiger partial charge on any atom is -0.443 e. The van der Waals surface area contributed by atoms with Gasteiger partial charge in [0.25, 0.3) is 0 Å². The number of imide groups is 1. The van der Waals surface area contributed by atoms with Gasteiger partial charge in [-0.15, -0.1) is 6.58 Å². The van der Waals surface area contributed by atoms with Crippen LogP contribution in [-0.2, 0) is 9.47 Å². The number of hydrogen-bond donors (Lipinski definition) is 0. The van der Waals surface area contributed by atoms with Gasteiger partial charge >= 0.3 is 12.2 Å². The maximum atomic E-state index is 12.3. The molecule has 0 aromatic heterocycles. The van der Waals surface area contributed by atoms with Gasteiger partial charge in [0, 0.05) is 0 Å². The van der Waals surface area contributed by atoms with Crippen LogP contribution in [0.4, 0.5) is 9.59 Å². The molecule has 1 atom stereocenters. The molecule has 0 saturated carbocycles. The van der Waals surface area contributed by atoms with E-state index in [4.69, 9.17) is 9.47 Å². The topological polar surface area (TPSA) is 55.8 Å². The van der Waals surface area contributed by atoms with Gasteiger partial charge in [-0.05, 0) is 47.5 Å². The van der Waals surface area contributed by atoms with Gasteiger partial charge in [-0.1, -0.05) is 19.9 Å². The molecule has 21 heavy (non-hydrogen) atoms. The highest BCUT2D eigenvalue weighted by atomic mass is 16.6. The molecule has 0 unspecified atom stereocenters. The molecule has 0 spiro atoms. The van der Waals surface area contributed by atoms with Crippen LogP contribution in [0.2, 0.25) is 0 Å². The summed E-state index contributed by atoms with van der Waals surface area (Å²) in [6.45, 7) is 18.0. The third-order valence-corrected chi connectivity index (χ3v) is 2.40. The van der Waals surface area contributed by atoms with E-state index in [2.05, 4.69) is 6.58 Å². The van der Waals surface area contributed by atoms with Crippen LogP contribution < -0.4 is 0 Å². The molecule has 122 valence electrons. The van der Waals surface area contributed by atoms with Crippen molar-refractivity contribution in [3.05, 3.63) is 12.7 Å². The van der Waals surface area contributed by atoms with E-state index in [1.807, 2.05) is 13.8 Å². The van der Waals surface area contributed by atoms with Crippen LogP contribution in [0, 0.1) is 5.92 Å². The van der Waals surface area contributed by atoms with Crippen molar-refractivity contribution in [2.45, 2.75) is 72.6 Å². The van der Waals surface area contributed by atoms with Gasteiger partial charge in [0.1, 0.15) is 11.2 Å². The Kier molecular flexibility index (Phi) is 6.46. The molecule has 5 heteroatoms. The van der Waals surface area contributed by atoms with Crippen molar-refractivity contribution in [1.82, 2.24) is 4.90 Å². The molecule has 2 amide bonds. The van der Waals surface area contributed by atoms with Crippen molar-refractivity contribution in [3.8, 4) is 0 Å². The molecule has 0 bridgehead atoms. The largest absolute Gasteiger partial charge is 0.443 e. The molecule has 0 rings (SSSR count). The maximum absolute atomic E-state index is 12.3. The number of hydrogen-bond acceptors (Lipinski definition) is 4. The van der Waals surface area contributed by atoms with Gasteiger partial charge in [-0.2, -0.15) is 0 Å². The van der Waals surface area contributed by atoms with Crippen molar-refractivity contribution in [2.24, 2.45) is 5.92 Å². The highest BCUT2D eigenvalue weighted by Crippen LogP contribution is 2.20. The zero-order chi connectivity index (χ0) is 17.0. The van der Waals surface area contributed by atoms with E-state index in [0.717, 1.165) is 4.90 Å². The first kappa shape index (κ1) is 19.5. The monoisotopic (exact) mass is 299 g/mol. The highest BCUT2D eigenvalue weighted by molar-refractivity contribution is 5.89. The van der Waals surface area contributed by atoms with Gasteiger partial charge < -0.3 is 9.47 Å². The average Bonchev–Trinajstić information content (AvgIpc) is 2.19. The lowest BCUT2D eigenvalue weighted by molar-refractivity contribution is -0.00700. The molecule has 0 saturated heterocycles. The Morgan fingerprint density at radius 3 is 1.48 bits per heavy atom. The Balaban J connectivity index is 5.42. The number of carbonyl (C=O) groups excluding carboxylic acids is 2. The molecule has 0 aliphatic rings. The van der Waals surface area contributed by atoms with Crippen LogP contribution in [-0.4, -0.2) is 34.3 Å². The average molecular weight is 299 g/mol. The number of nitrogens with zero attached hydrogens (tertiary/aromatic N) is 1. The zero-order valence-electron chi connectivity index (χ0n) is 14.5. The second-order valence-electron chi connectivity index (χ2n) is 7.30. The molecule has 5 nitrogen and oxygen atoms in total. The summed E-state index contributed by atoms with van der Waals surface area (Å²) in [7, 11) is 0. The highest BCUT2D eigenvalue weighted by Gasteiger charge is 2.36. The second kappa shape index (κ2) is 6.96. The molecule has 0 fully saturated rings. The lowest BCUT2D eigenvalue weighted by Gasteiger charge is -2.33. The first-order valence-corrected chi connectivity index (χ1v) is 7.16. The van der Waals surface area contributed by atoms with Crippen LogP contribution in [0.25, 0.3) is 0 Å². The first-order valence-electron chi connectivity index (χ1n) is 7.16. The quantitative estimate of drug-likeness (QED) is 0.726. The predicted octanol–water partition coefficient (Wildman–Crippen LogP) is 4.37. The summed E-state index contributed by atoms with van der Waals surface area (Å²) in [5, 5.41) is 0. The third kappa shape index (κ3) is 7.16. The molecular weight excluding hydrogens is 270 g/mol. The van der Waals surface area contributed by atoms with E-state index in [9.17, 15) is 9.59 Å². The fraction of sp³-hybridized carbons (Fsp3) is 0.750. The lowest BCUT2D eigenvalue weighted by Crippen LogP contribution is -2.50. The van der Waals surface area contributed by atoms with Crippen LogP contribution in [0.1, 0.15) is 55.4 Å². The number of carbonyl (C=O) groups is 2. The summed E-state index contributed by atoms with van der Waals surface area (Å²) in [4.78, 5) is 25.7. The fourth-order valence-corrected chi connectivity index (χ4v) is 1.62. The number of rotatable bonds is 3. The third-order valence-electron chi connectivity index (χ3n) is 2.40. The Morgan fingerprint density at radius 2 is 1.29 bits per heavy atom. The summed E-state index contributed by atoms with van der Waals surface area (Å²) in [6, 6.07) is -0.491. The van der Waals surface area contributed by atoms with E-state index in [1.54, 1.807) is 47.6 Å². The molecule has 0 aromatic carbocycles. The summed E-state index contributed by atoms with van der Waals surface area (Å²) < 4.78 is 10.6. The molecule has 0 aromatic rings. The number of amides is 2. The standard InChI is InChI=1S/C16H29NO4/c1-10-12(11(2)3)17(13(18)20-15(4,5)6)14(19)21-16(7,8)9/h10-12H,1H2,2-9H3/t12-/m0/s1. The van der Waals surface area contributed by atoms with Gasteiger partial charge in [0.05, 0.1) is 6.04 Å². The SMILES string of the molecule is C=C[C@@H](C(C)C)N(C(=O)OC(C)(C)C)C(=O)OC(C)(C)C. The summed E-state index contributed by atoms with van der Waals surface area (Å²) in [5.41, 5.74) is -1.39. The Morgan fingerprint density at radius 1 is 0.952 bits per heavy atom. The van der Waals surface area contributed by atoms with E-state index in [1.165, 1.54) is 0 Å². The Labute approximate surface area is 128 Å². The van der Waals surface area contributed by atoms with Crippen LogP contribution in [0.5, 0.6) is 0 Å². The molecular formula is C16H29NO4. The van der Waals surface area contributed by atoms with E-state index < -0.39 is 29.4 Å². The van der Waals surface area contributed by atoms with E-state index in [-0.39, 0.29) is 5.92 Å². The maximum Gasteiger partial charge on any atom is 0.420 e. The predicted molar refractivity (Wildman–Crippen MR) is 83.1 cm³/mol. The van der Waals surface area contributed by atoms with Gasteiger partial charge in [0.2, 0.25) is 0 Å². The smallest absolute Gasteiger partial charge is 0.420 e. The molecule has 0 aliphatic carbocycles. The second-order valence-corrected chi connectivity index (χ2v) is 7.30. The Hall–Kier alpha value is -1.52. The van der Waals surface area contributed by atoms with Gasteiger partial charge in [-0.25, -0.2) is 14.5 Å². The van der Waals surface area contributed by atoms with Crippen LogP contribution in [0.3, 0.4) is 0 Å². The zero-order valence-corrected chi connectivity index (χ0v) is 14.5. The Bertz CT molecular complexity index is 360. The minimum absolute atomic E-state index is 0.00235. The first-order chi connectivity index (χ1) is 9.28. The van der Waals surface area contributed by atoms with Gasteiger partial charge in [-0.3, -0.25) is 0 Å². The summed E-state index contributed by atoms with van der Waals surface area (Å²) in [5.74, 6) is 0.00235. The molecule has 0 heterocycles. The summed E-state index contributed by atoms with van der Waals surface area (Å²) in [6.07, 6.45) is 0.101. The molecule has 0 aliphatic heterocycles. The van der Waals surface area contributed by atoms with Crippen molar-refractivity contribution in [3.63, 3.8) is 0 Å². The fourth-order valence-electron chi connectivity index (χ4n) is 1.62.